The second kappa shape index (κ2) is 5.53. The lowest BCUT2D eigenvalue weighted by atomic mass is 10.2. The van der Waals surface area contributed by atoms with E-state index in [0.29, 0.717) is 12.8 Å². The number of hydrogen-bond acceptors (Lipinski definition) is 5. The highest BCUT2D eigenvalue weighted by atomic mass is 35.5. The summed E-state index contributed by atoms with van der Waals surface area (Å²) >= 11 is 5.50. The van der Waals surface area contributed by atoms with Gasteiger partial charge in [-0.2, -0.15) is 0 Å². The number of nitro groups is 1. The van der Waals surface area contributed by atoms with E-state index < -0.39 is 25.8 Å². The molecule has 1 heterocycles. The number of nitrogens with zero attached hydrogens (tertiary/aromatic N) is 1. The van der Waals surface area contributed by atoms with Crippen LogP contribution in [0.1, 0.15) is 12.8 Å². The molecule has 0 saturated carbocycles. The summed E-state index contributed by atoms with van der Waals surface area (Å²) in [6.45, 7) is 0.0181. The number of hydrogen-bond donors (Lipinski definition) is 1. The summed E-state index contributed by atoms with van der Waals surface area (Å²) in [5.74, 6) is -0.676. The molecule has 2 rings (SSSR count). The van der Waals surface area contributed by atoms with Crippen LogP contribution in [0.3, 0.4) is 0 Å². The summed E-state index contributed by atoms with van der Waals surface area (Å²) in [6, 6.07) is 1.81. The van der Waals surface area contributed by atoms with Gasteiger partial charge in [0.25, 0.3) is 5.69 Å². The predicted octanol–water partition coefficient (Wildman–Crippen LogP) is 2.38. The topological polar surface area (TPSA) is 89.3 Å². The third-order valence-electron chi connectivity index (χ3n) is 3.22. The number of anilines is 1. The largest absolute Gasteiger partial charge is 0.378 e. The maximum absolute atomic E-state index is 13.4. The minimum atomic E-state index is -3.16. The van der Waals surface area contributed by atoms with Crippen LogP contribution in [-0.2, 0) is 9.84 Å². The third kappa shape index (κ3) is 3.01. The lowest BCUT2D eigenvalue weighted by Gasteiger charge is -2.12. The van der Waals surface area contributed by atoms with E-state index in [1.165, 1.54) is 0 Å². The van der Waals surface area contributed by atoms with Crippen molar-refractivity contribution in [3.63, 3.8) is 0 Å². The van der Waals surface area contributed by atoms with Crippen LogP contribution in [0.2, 0.25) is 5.02 Å². The molecule has 0 bridgehead atoms. The fraction of sp³-hybridized carbons (Fsp3) is 0.455. The summed E-state index contributed by atoms with van der Waals surface area (Å²) in [6.07, 6.45) is 1.07. The molecule has 20 heavy (non-hydrogen) atoms. The number of rotatable bonds is 4. The van der Waals surface area contributed by atoms with Gasteiger partial charge >= 0.3 is 0 Å². The van der Waals surface area contributed by atoms with E-state index in [0.717, 1.165) is 12.1 Å². The Hall–Kier alpha value is -1.41. The van der Waals surface area contributed by atoms with Gasteiger partial charge in [-0.3, -0.25) is 10.1 Å². The van der Waals surface area contributed by atoms with Crippen molar-refractivity contribution in [2.24, 2.45) is 0 Å². The third-order valence-corrected chi connectivity index (χ3v) is 5.78. The van der Waals surface area contributed by atoms with Crippen molar-refractivity contribution in [2.45, 2.75) is 18.1 Å². The number of nitro benzene ring substituents is 1. The van der Waals surface area contributed by atoms with Crippen molar-refractivity contribution in [1.29, 1.82) is 0 Å². The minimum absolute atomic E-state index is 0.0181. The van der Waals surface area contributed by atoms with Crippen molar-refractivity contribution >= 4 is 32.8 Å². The average Bonchev–Trinajstić information content (AvgIpc) is 2.69. The van der Waals surface area contributed by atoms with E-state index >= 15 is 0 Å². The predicted molar refractivity (Wildman–Crippen MR) is 73.4 cm³/mol. The first-order chi connectivity index (χ1) is 9.31. The van der Waals surface area contributed by atoms with Gasteiger partial charge in [0.2, 0.25) is 0 Å². The van der Waals surface area contributed by atoms with Crippen molar-refractivity contribution in [3.8, 4) is 0 Å². The summed E-state index contributed by atoms with van der Waals surface area (Å²) in [5.41, 5.74) is -0.453. The molecule has 0 spiro atoms. The van der Waals surface area contributed by atoms with Crippen LogP contribution < -0.4 is 5.32 Å². The van der Waals surface area contributed by atoms with Crippen LogP contribution in [0.4, 0.5) is 15.8 Å². The van der Waals surface area contributed by atoms with Crippen LogP contribution in [0.25, 0.3) is 0 Å². The normalized spacial score (nSPS) is 20.8. The first-order valence-corrected chi connectivity index (χ1v) is 7.99. The molecule has 1 aliphatic rings. The Morgan fingerprint density at radius 3 is 2.75 bits per heavy atom. The fourth-order valence-corrected chi connectivity index (χ4v) is 4.06. The molecule has 6 nitrogen and oxygen atoms in total. The van der Waals surface area contributed by atoms with Crippen LogP contribution in [0.15, 0.2) is 12.1 Å². The monoisotopic (exact) mass is 322 g/mol. The molecule has 110 valence electrons. The second-order valence-corrected chi connectivity index (χ2v) is 7.36. The molecule has 1 saturated heterocycles. The highest BCUT2D eigenvalue weighted by Gasteiger charge is 2.31. The molecule has 0 amide bonds. The molecule has 1 fully saturated rings. The molecule has 1 aromatic carbocycles. The van der Waals surface area contributed by atoms with Crippen LogP contribution in [0, 0.1) is 15.9 Å². The fourth-order valence-electron chi connectivity index (χ4n) is 2.14. The number of halogens is 2. The SMILES string of the molecule is O=[N+]([O-])c1cc(Cl)c(F)cc1NCC1CCCS1(=O)=O. The highest BCUT2D eigenvalue weighted by Crippen LogP contribution is 2.31. The standard InChI is InChI=1S/C11H12ClFN2O4S/c12-8-4-11(15(16)17)10(5-9(8)13)14-6-7-2-1-3-20(7,18)19/h4-5,7,14H,1-3,6H2. The number of sulfone groups is 1. The zero-order chi connectivity index (χ0) is 14.9. The number of benzene rings is 1. The smallest absolute Gasteiger partial charge is 0.294 e. The lowest BCUT2D eigenvalue weighted by Crippen LogP contribution is -2.25. The molecular weight excluding hydrogens is 311 g/mol. The molecule has 0 aromatic heterocycles. The lowest BCUT2D eigenvalue weighted by molar-refractivity contribution is -0.384. The maximum Gasteiger partial charge on any atom is 0.294 e. The summed E-state index contributed by atoms with van der Waals surface area (Å²) in [7, 11) is -3.16. The Morgan fingerprint density at radius 1 is 1.50 bits per heavy atom. The molecule has 1 unspecified atom stereocenters. The molecule has 0 aliphatic carbocycles. The molecular formula is C11H12ClFN2O4S. The van der Waals surface area contributed by atoms with Gasteiger partial charge in [-0.1, -0.05) is 11.6 Å². The van der Waals surface area contributed by atoms with E-state index in [9.17, 15) is 22.9 Å². The minimum Gasteiger partial charge on any atom is -0.378 e. The summed E-state index contributed by atoms with van der Waals surface area (Å²) < 4.78 is 36.7. The maximum atomic E-state index is 13.4. The summed E-state index contributed by atoms with van der Waals surface area (Å²) in [4.78, 5) is 10.2. The van der Waals surface area contributed by atoms with Gasteiger partial charge in [-0.25, -0.2) is 12.8 Å². The average molecular weight is 323 g/mol. The van der Waals surface area contributed by atoms with Gasteiger partial charge in [-0.15, -0.1) is 0 Å². The van der Waals surface area contributed by atoms with Crippen molar-refractivity contribution in [3.05, 3.63) is 33.1 Å². The molecule has 1 aromatic rings. The number of nitrogens with one attached hydrogen (secondary N) is 1. The van der Waals surface area contributed by atoms with E-state index in [-0.39, 0.29) is 28.7 Å². The molecule has 1 N–H and O–H groups in total. The Morgan fingerprint density at radius 2 is 2.20 bits per heavy atom. The van der Waals surface area contributed by atoms with E-state index in [1.54, 1.807) is 0 Å². The van der Waals surface area contributed by atoms with Gasteiger partial charge in [0.1, 0.15) is 11.5 Å². The molecule has 0 radical (unpaired) electrons. The van der Waals surface area contributed by atoms with Crippen LogP contribution in [0.5, 0.6) is 0 Å². The van der Waals surface area contributed by atoms with E-state index in [2.05, 4.69) is 5.32 Å². The van der Waals surface area contributed by atoms with Gasteiger partial charge in [-0.05, 0) is 12.8 Å². The highest BCUT2D eigenvalue weighted by molar-refractivity contribution is 7.92. The quantitative estimate of drug-likeness (QED) is 0.679. The zero-order valence-corrected chi connectivity index (χ0v) is 11.9. The van der Waals surface area contributed by atoms with E-state index in [1.807, 2.05) is 0 Å². The van der Waals surface area contributed by atoms with Gasteiger partial charge < -0.3 is 5.32 Å². The molecule has 1 atom stereocenters. The first kappa shape index (κ1) is 15.0. The second-order valence-electron chi connectivity index (χ2n) is 4.55. The van der Waals surface area contributed by atoms with Crippen LogP contribution >= 0.6 is 11.6 Å². The van der Waals surface area contributed by atoms with E-state index in [4.69, 9.17) is 11.6 Å². The Balaban J connectivity index is 2.21. The molecule has 9 heteroatoms. The Labute approximate surface area is 120 Å². The van der Waals surface area contributed by atoms with Gasteiger partial charge in [0.15, 0.2) is 9.84 Å². The van der Waals surface area contributed by atoms with Gasteiger partial charge in [0.05, 0.1) is 20.9 Å². The van der Waals surface area contributed by atoms with Crippen LogP contribution in [-0.4, -0.2) is 30.9 Å². The molecule has 1 aliphatic heterocycles. The van der Waals surface area contributed by atoms with Crippen molar-refractivity contribution in [2.75, 3.05) is 17.6 Å². The van der Waals surface area contributed by atoms with Crippen molar-refractivity contribution in [1.82, 2.24) is 0 Å². The Kier molecular flexibility index (Phi) is 4.14. The first-order valence-electron chi connectivity index (χ1n) is 5.90. The van der Waals surface area contributed by atoms with Gasteiger partial charge in [0, 0.05) is 18.7 Å². The zero-order valence-electron chi connectivity index (χ0n) is 10.3. The van der Waals surface area contributed by atoms with Crippen molar-refractivity contribution < 1.29 is 17.7 Å². The Bertz CT molecular complexity index is 650. The summed E-state index contributed by atoms with van der Waals surface area (Å²) in [5, 5.41) is 12.6.